The van der Waals surface area contributed by atoms with Crippen molar-refractivity contribution >= 4 is 5.96 Å². The molecule has 2 heterocycles. The highest BCUT2D eigenvalue weighted by molar-refractivity contribution is 5.80. The number of pyridine rings is 1. The maximum atomic E-state index is 12.5. The Kier molecular flexibility index (Phi) is 7.50. The van der Waals surface area contributed by atoms with Crippen LogP contribution in [0.25, 0.3) is 0 Å². The minimum absolute atomic E-state index is 0.0495. The molecular formula is C17H26F3N5O. The maximum absolute atomic E-state index is 12.5. The summed E-state index contributed by atoms with van der Waals surface area (Å²) in [5.74, 6) is 1.16. The van der Waals surface area contributed by atoms with Gasteiger partial charge in [-0.15, -0.1) is 0 Å². The predicted octanol–water partition coefficient (Wildman–Crippen LogP) is 2.17. The normalized spacial score (nSPS) is 18.8. The lowest BCUT2D eigenvalue weighted by Crippen LogP contribution is -2.44. The average molecular weight is 373 g/mol. The van der Waals surface area contributed by atoms with Crippen molar-refractivity contribution < 1.29 is 17.9 Å². The van der Waals surface area contributed by atoms with E-state index in [0.717, 1.165) is 12.0 Å². The molecule has 146 valence electrons. The smallest absolute Gasteiger partial charge is 0.401 e. The topological polar surface area (TPSA) is 61.8 Å². The second kappa shape index (κ2) is 9.61. The molecule has 1 fully saturated rings. The van der Waals surface area contributed by atoms with Crippen LogP contribution >= 0.6 is 0 Å². The van der Waals surface area contributed by atoms with Crippen molar-refractivity contribution in [3.05, 3.63) is 23.9 Å². The summed E-state index contributed by atoms with van der Waals surface area (Å²) in [6, 6.07) is 3.68. The van der Waals surface area contributed by atoms with Crippen LogP contribution < -0.4 is 15.4 Å². The summed E-state index contributed by atoms with van der Waals surface area (Å²) in [5.41, 5.74) is 0.960. The molecule has 6 nitrogen and oxygen atoms in total. The molecule has 1 aromatic rings. The summed E-state index contributed by atoms with van der Waals surface area (Å²) < 4.78 is 42.8. The van der Waals surface area contributed by atoms with E-state index >= 15 is 0 Å². The predicted molar refractivity (Wildman–Crippen MR) is 94.3 cm³/mol. The second-order valence-electron chi connectivity index (χ2n) is 6.26. The van der Waals surface area contributed by atoms with Gasteiger partial charge in [0.05, 0.1) is 13.2 Å². The molecule has 0 spiro atoms. The molecule has 0 saturated carbocycles. The van der Waals surface area contributed by atoms with Crippen molar-refractivity contribution in [3.8, 4) is 5.88 Å². The van der Waals surface area contributed by atoms with Gasteiger partial charge in [0.25, 0.3) is 0 Å². The number of rotatable bonds is 7. The molecule has 0 amide bonds. The molecule has 26 heavy (non-hydrogen) atoms. The van der Waals surface area contributed by atoms with Crippen LogP contribution in [0, 0.1) is 0 Å². The summed E-state index contributed by atoms with van der Waals surface area (Å²) in [4.78, 5) is 9.77. The molecule has 0 aliphatic carbocycles. The van der Waals surface area contributed by atoms with Gasteiger partial charge in [-0.25, -0.2) is 4.98 Å². The fraction of sp³-hybridized carbons (Fsp3) is 0.647. The lowest BCUT2D eigenvalue weighted by Gasteiger charge is -2.19. The Hall–Kier alpha value is -2.03. The van der Waals surface area contributed by atoms with Crippen molar-refractivity contribution in [2.24, 2.45) is 4.99 Å². The largest absolute Gasteiger partial charge is 0.478 e. The number of nitrogens with one attached hydrogen (secondary N) is 2. The molecule has 0 aromatic carbocycles. The standard InChI is InChI=1S/C17H26F3N5O/c1-3-8-26-15-5-4-13(9-22-15)10-23-16(21-2)24-14-6-7-25(11-14)12-17(18,19)20/h4-5,9,14H,3,6-8,10-12H2,1-2H3,(H2,21,23,24). The lowest BCUT2D eigenvalue weighted by atomic mass is 10.2. The summed E-state index contributed by atoms with van der Waals surface area (Å²) in [6.07, 6.45) is -0.850. The average Bonchev–Trinajstić information content (AvgIpc) is 3.02. The first-order valence-corrected chi connectivity index (χ1v) is 8.73. The number of nitrogens with zero attached hydrogens (tertiary/aromatic N) is 3. The summed E-state index contributed by atoms with van der Waals surface area (Å²) in [7, 11) is 1.64. The fourth-order valence-corrected chi connectivity index (χ4v) is 2.73. The Morgan fingerprint density at radius 2 is 2.23 bits per heavy atom. The highest BCUT2D eigenvalue weighted by Gasteiger charge is 2.34. The molecule has 1 aliphatic heterocycles. The highest BCUT2D eigenvalue weighted by atomic mass is 19.4. The number of alkyl halides is 3. The molecule has 1 aliphatic rings. The number of aliphatic imine (C=N–C) groups is 1. The first-order chi connectivity index (χ1) is 12.4. The van der Waals surface area contributed by atoms with E-state index in [-0.39, 0.29) is 6.04 Å². The number of hydrogen-bond acceptors (Lipinski definition) is 4. The zero-order chi connectivity index (χ0) is 19.0. The Balaban J connectivity index is 1.76. The summed E-state index contributed by atoms with van der Waals surface area (Å²) in [5, 5.41) is 6.33. The molecule has 2 rings (SSSR count). The van der Waals surface area contributed by atoms with Crippen molar-refractivity contribution in [1.82, 2.24) is 20.5 Å². The molecule has 1 saturated heterocycles. The third-order valence-corrected chi connectivity index (χ3v) is 3.95. The number of aromatic nitrogens is 1. The molecule has 1 unspecified atom stereocenters. The summed E-state index contributed by atoms with van der Waals surface area (Å²) >= 11 is 0. The zero-order valence-electron chi connectivity index (χ0n) is 15.1. The van der Waals surface area contributed by atoms with E-state index in [4.69, 9.17) is 4.74 Å². The van der Waals surface area contributed by atoms with Gasteiger partial charge in [0.2, 0.25) is 5.88 Å². The first kappa shape index (κ1) is 20.3. The van der Waals surface area contributed by atoms with Crippen LogP contribution in [-0.4, -0.2) is 61.4 Å². The number of ether oxygens (including phenoxy) is 1. The molecule has 2 N–H and O–H groups in total. The van der Waals surface area contributed by atoms with Crippen molar-refractivity contribution in [1.29, 1.82) is 0 Å². The van der Waals surface area contributed by atoms with Crippen LogP contribution in [0.1, 0.15) is 25.3 Å². The minimum atomic E-state index is -4.16. The Morgan fingerprint density at radius 3 is 2.85 bits per heavy atom. The van der Waals surface area contributed by atoms with E-state index in [9.17, 15) is 13.2 Å². The third-order valence-electron chi connectivity index (χ3n) is 3.95. The van der Waals surface area contributed by atoms with E-state index in [2.05, 4.69) is 20.6 Å². The van der Waals surface area contributed by atoms with Gasteiger partial charge in [-0.1, -0.05) is 13.0 Å². The minimum Gasteiger partial charge on any atom is -0.478 e. The van der Waals surface area contributed by atoms with E-state index < -0.39 is 12.7 Å². The van der Waals surface area contributed by atoms with E-state index in [0.29, 0.717) is 44.5 Å². The molecule has 0 bridgehead atoms. The van der Waals surface area contributed by atoms with Crippen molar-refractivity contribution in [3.63, 3.8) is 0 Å². The molecule has 0 radical (unpaired) electrons. The van der Waals surface area contributed by atoms with Crippen molar-refractivity contribution in [2.45, 2.75) is 38.5 Å². The molecule has 9 heteroatoms. The van der Waals surface area contributed by atoms with Crippen LogP contribution in [0.5, 0.6) is 5.88 Å². The van der Waals surface area contributed by atoms with Crippen LogP contribution in [-0.2, 0) is 6.54 Å². The van der Waals surface area contributed by atoms with E-state index in [1.54, 1.807) is 13.2 Å². The molecule has 1 atom stereocenters. The SMILES string of the molecule is CCCOc1ccc(CNC(=NC)NC2CCN(CC(F)(F)F)C2)cn1. The quantitative estimate of drug-likeness (QED) is 0.567. The van der Waals surface area contributed by atoms with Gasteiger partial charge in [-0.05, 0) is 18.4 Å². The second-order valence-corrected chi connectivity index (χ2v) is 6.26. The van der Waals surface area contributed by atoms with Crippen LogP contribution in [0.15, 0.2) is 23.3 Å². The fourth-order valence-electron chi connectivity index (χ4n) is 2.73. The van der Waals surface area contributed by atoms with E-state index in [1.165, 1.54) is 4.90 Å². The number of likely N-dealkylation sites (tertiary alicyclic amines) is 1. The Bertz CT molecular complexity index is 577. The van der Waals surface area contributed by atoms with Crippen molar-refractivity contribution in [2.75, 3.05) is 33.3 Å². The third kappa shape index (κ3) is 7.07. The lowest BCUT2D eigenvalue weighted by molar-refractivity contribution is -0.143. The van der Waals surface area contributed by atoms with Gasteiger partial charge in [0.15, 0.2) is 5.96 Å². The van der Waals surface area contributed by atoms with Crippen LogP contribution in [0.4, 0.5) is 13.2 Å². The number of guanidine groups is 1. The van der Waals surface area contributed by atoms with Crippen LogP contribution in [0.2, 0.25) is 0 Å². The maximum Gasteiger partial charge on any atom is 0.401 e. The highest BCUT2D eigenvalue weighted by Crippen LogP contribution is 2.19. The Labute approximate surface area is 151 Å². The van der Waals surface area contributed by atoms with Gasteiger partial charge < -0.3 is 15.4 Å². The zero-order valence-corrected chi connectivity index (χ0v) is 15.1. The van der Waals surface area contributed by atoms with Gasteiger partial charge in [0.1, 0.15) is 0 Å². The Morgan fingerprint density at radius 1 is 1.42 bits per heavy atom. The number of hydrogen-bond donors (Lipinski definition) is 2. The first-order valence-electron chi connectivity index (χ1n) is 8.73. The van der Waals surface area contributed by atoms with Crippen LogP contribution in [0.3, 0.4) is 0 Å². The van der Waals surface area contributed by atoms with Gasteiger partial charge in [-0.3, -0.25) is 9.89 Å². The molecular weight excluding hydrogens is 347 g/mol. The van der Waals surface area contributed by atoms with Gasteiger partial charge in [-0.2, -0.15) is 13.2 Å². The van der Waals surface area contributed by atoms with Gasteiger partial charge >= 0.3 is 6.18 Å². The van der Waals surface area contributed by atoms with E-state index in [1.807, 2.05) is 19.1 Å². The van der Waals surface area contributed by atoms with Gasteiger partial charge in [0, 0.05) is 45.0 Å². The molecule has 1 aromatic heterocycles. The number of halogens is 3. The monoisotopic (exact) mass is 373 g/mol. The summed E-state index contributed by atoms with van der Waals surface area (Å²) in [6.45, 7) is 3.09.